The van der Waals surface area contributed by atoms with Crippen LogP contribution in [-0.2, 0) is 9.53 Å². The van der Waals surface area contributed by atoms with E-state index in [4.69, 9.17) is 44.3 Å². The predicted octanol–water partition coefficient (Wildman–Crippen LogP) is 4.24. The third-order valence-corrected chi connectivity index (χ3v) is 3.37. The van der Waals surface area contributed by atoms with E-state index in [1.54, 1.807) is 13.8 Å². The normalized spacial score (nSPS) is 11.8. The summed E-state index contributed by atoms with van der Waals surface area (Å²) in [6.45, 7) is 6.68. The van der Waals surface area contributed by atoms with Crippen LogP contribution >= 0.6 is 34.8 Å². The van der Waals surface area contributed by atoms with Crippen molar-refractivity contribution in [2.75, 3.05) is 6.61 Å². The third-order valence-electron chi connectivity index (χ3n) is 2.23. The number of phenols is 1. The van der Waals surface area contributed by atoms with Crippen molar-refractivity contribution in [2.45, 2.75) is 20.0 Å². The first-order valence-electron chi connectivity index (χ1n) is 5.59. The van der Waals surface area contributed by atoms with Crippen LogP contribution < -0.4 is 4.74 Å². The summed E-state index contributed by atoms with van der Waals surface area (Å²) in [4.78, 5) is 11.2. The van der Waals surface area contributed by atoms with Crippen LogP contribution in [0.3, 0.4) is 0 Å². The molecular weight excluding hydrogens is 326 g/mol. The van der Waals surface area contributed by atoms with Crippen LogP contribution in [0.4, 0.5) is 0 Å². The van der Waals surface area contributed by atoms with Crippen molar-refractivity contribution in [3.8, 4) is 11.5 Å². The van der Waals surface area contributed by atoms with Crippen LogP contribution in [0.1, 0.15) is 13.8 Å². The minimum atomic E-state index is -0.511. The zero-order chi connectivity index (χ0) is 15.4. The monoisotopic (exact) mass is 338 g/mol. The van der Waals surface area contributed by atoms with Crippen LogP contribution in [0.25, 0.3) is 0 Å². The highest BCUT2D eigenvalue weighted by atomic mass is 35.5. The quantitative estimate of drug-likeness (QED) is 0.495. The average molecular weight is 340 g/mol. The number of benzene rings is 1. The molecule has 0 fully saturated rings. The lowest BCUT2D eigenvalue weighted by Gasteiger charge is -2.17. The number of halogens is 3. The third kappa shape index (κ3) is 4.20. The second kappa shape index (κ2) is 7.07. The molecule has 7 heteroatoms. The molecule has 1 aromatic rings. The lowest BCUT2D eigenvalue weighted by molar-refractivity contribution is -0.141. The van der Waals surface area contributed by atoms with E-state index in [1.807, 2.05) is 0 Å². The van der Waals surface area contributed by atoms with E-state index in [2.05, 4.69) is 6.58 Å². The molecule has 0 bridgehead atoms. The van der Waals surface area contributed by atoms with E-state index >= 15 is 0 Å². The Kier molecular flexibility index (Phi) is 5.99. The Balaban J connectivity index is 2.74. The summed E-state index contributed by atoms with van der Waals surface area (Å²) < 4.78 is 10.4. The summed E-state index contributed by atoms with van der Waals surface area (Å²) in [5.41, 5.74) is 0.294. The van der Waals surface area contributed by atoms with Crippen molar-refractivity contribution < 1.29 is 19.4 Å². The highest BCUT2D eigenvalue weighted by Gasteiger charge is 2.17. The fourth-order valence-electron chi connectivity index (χ4n) is 1.22. The zero-order valence-electron chi connectivity index (χ0n) is 10.9. The van der Waals surface area contributed by atoms with Gasteiger partial charge in [0.05, 0.1) is 5.02 Å². The lowest BCUT2D eigenvalue weighted by Crippen LogP contribution is -2.22. The molecule has 0 aromatic heterocycles. The molecule has 1 rings (SSSR count). The van der Waals surface area contributed by atoms with Gasteiger partial charge in [0.1, 0.15) is 28.5 Å². The summed E-state index contributed by atoms with van der Waals surface area (Å²) in [5.74, 6) is -0.720. The maximum atomic E-state index is 11.2. The van der Waals surface area contributed by atoms with Gasteiger partial charge in [-0.05, 0) is 13.8 Å². The molecule has 0 radical (unpaired) electrons. The van der Waals surface area contributed by atoms with Crippen molar-refractivity contribution in [3.05, 3.63) is 33.3 Å². The summed E-state index contributed by atoms with van der Waals surface area (Å²) in [7, 11) is 0. The SMILES string of the molecule is C=C(C)C(=O)OCC(C)Oc1cc(Cl)c(Cl)c(O)c1Cl. The minimum absolute atomic E-state index is 0.00301. The number of phenolic OH excluding ortho intramolecular Hbond substituents is 1. The van der Waals surface area contributed by atoms with Crippen molar-refractivity contribution in [2.24, 2.45) is 0 Å². The number of aromatic hydroxyl groups is 1. The number of carbonyl (C=O) groups excluding carboxylic acids is 1. The fourth-order valence-corrected chi connectivity index (χ4v) is 1.80. The summed E-state index contributed by atoms with van der Waals surface area (Å²) in [6, 6.07) is 1.38. The fraction of sp³-hybridized carbons (Fsp3) is 0.308. The van der Waals surface area contributed by atoms with Crippen LogP contribution in [0.15, 0.2) is 18.2 Å². The van der Waals surface area contributed by atoms with Gasteiger partial charge >= 0.3 is 5.97 Å². The maximum absolute atomic E-state index is 11.2. The standard InChI is InChI=1S/C13H13Cl3O4/c1-6(2)13(18)19-5-7(3)20-9-4-8(14)10(15)12(17)11(9)16/h4,7,17H,1,5H2,2-3H3. The van der Waals surface area contributed by atoms with Gasteiger partial charge in [-0.3, -0.25) is 0 Å². The molecule has 110 valence electrons. The van der Waals surface area contributed by atoms with Crippen molar-refractivity contribution in [3.63, 3.8) is 0 Å². The lowest BCUT2D eigenvalue weighted by atomic mass is 10.3. The number of hydrogen-bond acceptors (Lipinski definition) is 4. The van der Waals surface area contributed by atoms with E-state index < -0.39 is 12.1 Å². The van der Waals surface area contributed by atoms with Gasteiger partial charge < -0.3 is 14.6 Å². The highest BCUT2D eigenvalue weighted by Crippen LogP contribution is 2.43. The summed E-state index contributed by atoms with van der Waals surface area (Å²) in [5, 5.41) is 9.64. The van der Waals surface area contributed by atoms with E-state index in [1.165, 1.54) is 6.07 Å². The molecule has 0 saturated carbocycles. The molecule has 0 amide bonds. The zero-order valence-corrected chi connectivity index (χ0v) is 13.1. The molecule has 1 unspecified atom stereocenters. The second-order valence-corrected chi connectivity index (χ2v) is 5.30. The Labute approximate surface area is 131 Å². The molecule has 0 heterocycles. The van der Waals surface area contributed by atoms with E-state index in [0.29, 0.717) is 5.57 Å². The maximum Gasteiger partial charge on any atom is 0.333 e. The first-order chi connectivity index (χ1) is 9.23. The van der Waals surface area contributed by atoms with Gasteiger partial charge in [-0.2, -0.15) is 0 Å². The number of ether oxygens (including phenoxy) is 2. The molecule has 0 aliphatic heterocycles. The Morgan fingerprint density at radius 2 is 2.00 bits per heavy atom. The first-order valence-corrected chi connectivity index (χ1v) is 6.73. The molecule has 0 spiro atoms. The molecule has 0 saturated heterocycles. The van der Waals surface area contributed by atoms with Gasteiger partial charge in [-0.15, -0.1) is 0 Å². The first kappa shape index (κ1) is 17.0. The molecule has 1 aromatic carbocycles. The molecule has 4 nitrogen and oxygen atoms in total. The largest absolute Gasteiger partial charge is 0.505 e. The number of rotatable bonds is 5. The van der Waals surface area contributed by atoms with Gasteiger partial charge in [0.15, 0.2) is 5.75 Å². The topological polar surface area (TPSA) is 55.8 Å². The summed E-state index contributed by atoms with van der Waals surface area (Å²) >= 11 is 17.4. The number of esters is 1. The van der Waals surface area contributed by atoms with Crippen molar-refractivity contribution in [1.82, 2.24) is 0 Å². The highest BCUT2D eigenvalue weighted by molar-refractivity contribution is 6.45. The molecule has 0 aliphatic rings. The van der Waals surface area contributed by atoms with Crippen molar-refractivity contribution >= 4 is 40.8 Å². The van der Waals surface area contributed by atoms with Gasteiger partial charge in [0, 0.05) is 11.6 Å². The number of hydrogen-bond donors (Lipinski definition) is 1. The predicted molar refractivity (Wildman–Crippen MR) is 79.0 cm³/mol. The Morgan fingerprint density at radius 3 is 2.55 bits per heavy atom. The van der Waals surface area contributed by atoms with Gasteiger partial charge in [-0.25, -0.2) is 4.79 Å². The van der Waals surface area contributed by atoms with Gasteiger partial charge in [0.2, 0.25) is 0 Å². The van der Waals surface area contributed by atoms with Crippen molar-refractivity contribution in [1.29, 1.82) is 0 Å². The Morgan fingerprint density at radius 1 is 1.40 bits per heavy atom. The Bertz CT molecular complexity index is 543. The minimum Gasteiger partial charge on any atom is -0.505 e. The number of carbonyl (C=O) groups is 1. The van der Waals surface area contributed by atoms with E-state index in [0.717, 1.165) is 0 Å². The molecular formula is C13H13Cl3O4. The van der Waals surface area contributed by atoms with Gasteiger partial charge in [0.25, 0.3) is 0 Å². The van der Waals surface area contributed by atoms with E-state index in [-0.39, 0.29) is 33.2 Å². The van der Waals surface area contributed by atoms with Gasteiger partial charge in [-0.1, -0.05) is 41.4 Å². The molecule has 1 N–H and O–H groups in total. The summed E-state index contributed by atoms with van der Waals surface area (Å²) in [6.07, 6.45) is -0.493. The van der Waals surface area contributed by atoms with Crippen LogP contribution in [0.2, 0.25) is 15.1 Å². The Hall–Kier alpha value is -1.10. The second-order valence-electron chi connectivity index (χ2n) is 4.14. The molecule has 1 atom stereocenters. The molecule has 0 aliphatic carbocycles. The van der Waals surface area contributed by atoms with E-state index in [9.17, 15) is 9.90 Å². The van der Waals surface area contributed by atoms with Crippen LogP contribution in [0, 0.1) is 0 Å². The average Bonchev–Trinajstić information content (AvgIpc) is 2.39. The molecule has 20 heavy (non-hydrogen) atoms. The van der Waals surface area contributed by atoms with Crippen LogP contribution in [0.5, 0.6) is 11.5 Å². The smallest absolute Gasteiger partial charge is 0.333 e. The van der Waals surface area contributed by atoms with Crippen LogP contribution in [-0.4, -0.2) is 23.8 Å².